The highest BCUT2D eigenvalue weighted by Gasteiger charge is 2.34. The average molecular weight is 551 g/mol. The highest BCUT2D eigenvalue weighted by Crippen LogP contribution is 2.38. The molecule has 0 saturated carbocycles. The minimum atomic E-state index is -1.02. The Morgan fingerprint density at radius 1 is 1.08 bits per heavy atom. The molecule has 1 fully saturated rings. The average Bonchev–Trinajstić information content (AvgIpc) is 2.90. The maximum Gasteiger partial charge on any atom is 0.335 e. The number of hydrogen-bond acceptors (Lipinski definition) is 6. The summed E-state index contributed by atoms with van der Waals surface area (Å²) < 4.78 is 11.3. The van der Waals surface area contributed by atoms with Crippen LogP contribution in [-0.2, 0) is 22.6 Å². The van der Waals surface area contributed by atoms with Crippen molar-refractivity contribution in [1.29, 1.82) is 0 Å². The van der Waals surface area contributed by atoms with Gasteiger partial charge in [0.05, 0.1) is 23.4 Å². The fraction of sp³-hybridized carbons (Fsp3) is 0.143. The van der Waals surface area contributed by atoms with E-state index in [1.54, 1.807) is 36.4 Å². The first kappa shape index (κ1) is 26.8. The van der Waals surface area contributed by atoms with Gasteiger partial charge in [0, 0.05) is 0 Å². The molecule has 1 aliphatic heterocycles. The zero-order valence-electron chi connectivity index (χ0n) is 20.5. The van der Waals surface area contributed by atoms with Crippen LogP contribution in [0.4, 0.5) is 5.69 Å². The van der Waals surface area contributed by atoms with Gasteiger partial charge in [0.2, 0.25) is 0 Å². The Bertz CT molecular complexity index is 1450. The molecule has 3 aromatic carbocycles. The number of nitrogens with one attached hydrogen (secondary N) is 1. The third-order valence-corrected chi connectivity index (χ3v) is 6.42. The van der Waals surface area contributed by atoms with Gasteiger partial charge in [-0.1, -0.05) is 42.8 Å². The van der Waals surface area contributed by atoms with E-state index < -0.39 is 17.8 Å². The first-order valence-electron chi connectivity index (χ1n) is 11.5. The van der Waals surface area contributed by atoms with Gasteiger partial charge in [0.15, 0.2) is 16.6 Å². The molecule has 0 atom stereocenters. The number of halogens is 1. The molecule has 1 heterocycles. The van der Waals surface area contributed by atoms with Crippen LogP contribution in [0.2, 0.25) is 5.02 Å². The van der Waals surface area contributed by atoms with E-state index in [1.165, 1.54) is 30.2 Å². The second kappa shape index (κ2) is 11.5. The second-order valence-corrected chi connectivity index (χ2v) is 9.10. The summed E-state index contributed by atoms with van der Waals surface area (Å²) in [5, 5.41) is 11.8. The second-order valence-electron chi connectivity index (χ2n) is 8.30. The molecule has 4 rings (SSSR count). The Morgan fingerprint density at radius 2 is 1.74 bits per heavy atom. The van der Waals surface area contributed by atoms with Crippen LogP contribution in [0.15, 0.2) is 66.2 Å². The van der Waals surface area contributed by atoms with Crippen LogP contribution in [0.3, 0.4) is 0 Å². The Hall–Kier alpha value is -4.21. The fourth-order valence-electron chi connectivity index (χ4n) is 3.80. The van der Waals surface area contributed by atoms with Gasteiger partial charge in [-0.2, -0.15) is 0 Å². The van der Waals surface area contributed by atoms with Gasteiger partial charge in [-0.15, -0.1) is 0 Å². The van der Waals surface area contributed by atoms with E-state index >= 15 is 0 Å². The number of carbonyl (C=O) groups is 3. The SMILES string of the molecule is CCc1ccc(N2C(=O)/C(=C/c3cc(Cl)c(OCc4ccc(C(=O)O)cc4)c(OC)c3)C(=O)NC2=S)cc1. The summed E-state index contributed by atoms with van der Waals surface area (Å²) in [7, 11) is 1.44. The number of aryl methyl sites for hydroxylation is 1. The number of carbonyl (C=O) groups excluding carboxylic acids is 2. The van der Waals surface area contributed by atoms with Gasteiger partial charge in [-0.3, -0.25) is 19.8 Å². The molecule has 0 aromatic heterocycles. The summed E-state index contributed by atoms with van der Waals surface area (Å²) in [6.07, 6.45) is 2.26. The standard InChI is InChI=1S/C28H23ClN2O6S/c1-3-16-6-10-20(11-7-16)31-26(33)21(25(32)30-28(31)38)12-18-13-22(29)24(23(14-18)36-2)37-15-17-4-8-19(9-5-17)27(34)35/h4-14H,3,15H2,1-2H3,(H,34,35)(H,30,32,38)/b21-12+. The molecule has 0 bridgehead atoms. The first-order valence-corrected chi connectivity index (χ1v) is 12.3. The van der Waals surface area contributed by atoms with E-state index in [4.69, 9.17) is 38.4 Å². The van der Waals surface area contributed by atoms with Crippen molar-refractivity contribution in [3.63, 3.8) is 0 Å². The number of amides is 2. The normalized spacial score (nSPS) is 14.4. The molecule has 0 unspecified atom stereocenters. The quantitative estimate of drug-likeness (QED) is 0.230. The predicted octanol–water partition coefficient (Wildman–Crippen LogP) is 5.02. The number of hydrogen-bond donors (Lipinski definition) is 2. The summed E-state index contributed by atoms with van der Waals surface area (Å²) in [6.45, 7) is 2.14. The molecule has 0 aliphatic carbocycles. The lowest BCUT2D eigenvalue weighted by atomic mass is 10.1. The van der Waals surface area contributed by atoms with Crippen molar-refractivity contribution in [2.45, 2.75) is 20.0 Å². The van der Waals surface area contributed by atoms with Crippen LogP contribution in [-0.4, -0.2) is 35.1 Å². The highest BCUT2D eigenvalue weighted by molar-refractivity contribution is 7.80. The third kappa shape index (κ3) is 5.69. The lowest BCUT2D eigenvalue weighted by Gasteiger charge is -2.29. The Morgan fingerprint density at radius 3 is 2.34 bits per heavy atom. The van der Waals surface area contributed by atoms with Crippen molar-refractivity contribution in [2.75, 3.05) is 12.0 Å². The number of carboxylic acid groups (broad SMARTS) is 1. The molecule has 3 aromatic rings. The van der Waals surface area contributed by atoms with Gasteiger partial charge in [-0.05, 0) is 77.8 Å². The van der Waals surface area contributed by atoms with Gasteiger partial charge in [0.25, 0.3) is 11.8 Å². The molecule has 2 N–H and O–H groups in total. The monoisotopic (exact) mass is 550 g/mol. The molecular formula is C28H23ClN2O6S. The molecule has 10 heteroatoms. The van der Waals surface area contributed by atoms with Crippen molar-refractivity contribution in [3.05, 3.63) is 93.5 Å². The summed E-state index contributed by atoms with van der Waals surface area (Å²) in [5.41, 5.74) is 2.86. The molecule has 8 nitrogen and oxygen atoms in total. The Kier molecular flexibility index (Phi) is 8.09. The van der Waals surface area contributed by atoms with Crippen molar-refractivity contribution in [2.24, 2.45) is 0 Å². The fourth-order valence-corrected chi connectivity index (χ4v) is 4.36. The largest absolute Gasteiger partial charge is 0.493 e. The minimum absolute atomic E-state index is 0.00264. The van der Waals surface area contributed by atoms with Crippen LogP contribution in [0.1, 0.15) is 34.0 Å². The first-order chi connectivity index (χ1) is 18.2. The van der Waals surface area contributed by atoms with E-state index in [1.807, 2.05) is 19.1 Å². The number of benzene rings is 3. The van der Waals surface area contributed by atoms with E-state index in [2.05, 4.69) is 5.32 Å². The minimum Gasteiger partial charge on any atom is -0.493 e. The van der Waals surface area contributed by atoms with Crippen LogP contribution in [0.25, 0.3) is 6.08 Å². The zero-order valence-corrected chi connectivity index (χ0v) is 22.1. The number of carboxylic acids is 1. The molecule has 1 saturated heterocycles. The van der Waals surface area contributed by atoms with Crippen molar-refractivity contribution >= 4 is 58.5 Å². The highest BCUT2D eigenvalue weighted by atomic mass is 35.5. The van der Waals surface area contributed by atoms with Crippen molar-refractivity contribution in [3.8, 4) is 11.5 Å². The summed E-state index contributed by atoms with van der Waals surface area (Å²) in [5.74, 6) is -1.66. The van der Waals surface area contributed by atoms with Gasteiger partial charge < -0.3 is 14.6 Å². The zero-order chi connectivity index (χ0) is 27.4. The van der Waals surface area contributed by atoms with Gasteiger partial charge in [-0.25, -0.2) is 4.79 Å². The molecule has 0 radical (unpaired) electrons. The maximum atomic E-state index is 13.3. The lowest BCUT2D eigenvalue weighted by Crippen LogP contribution is -2.54. The van der Waals surface area contributed by atoms with Crippen molar-refractivity contribution in [1.82, 2.24) is 5.32 Å². The van der Waals surface area contributed by atoms with Crippen molar-refractivity contribution < 1.29 is 29.0 Å². The number of thiocarbonyl (C=S) groups is 1. The van der Waals surface area contributed by atoms with Gasteiger partial charge in [0.1, 0.15) is 12.2 Å². The molecule has 1 aliphatic rings. The number of rotatable bonds is 8. The van der Waals surface area contributed by atoms with Crippen LogP contribution in [0, 0.1) is 0 Å². The molecule has 0 spiro atoms. The van der Waals surface area contributed by atoms with E-state index in [-0.39, 0.29) is 39.4 Å². The number of nitrogens with zero attached hydrogens (tertiary/aromatic N) is 1. The number of ether oxygens (including phenoxy) is 2. The summed E-state index contributed by atoms with van der Waals surface area (Å²) in [4.78, 5) is 38.3. The van der Waals surface area contributed by atoms with Crippen LogP contribution < -0.4 is 19.7 Å². The maximum absolute atomic E-state index is 13.3. The van der Waals surface area contributed by atoms with E-state index in [0.29, 0.717) is 11.3 Å². The summed E-state index contributed by atoms with van der Waals surface area (Å²) >= 11 is 11.8. The molecule has 2 amide bonds. The lowest BCUT2D eigenvalue weighted by molar-refractivity contribution is -0.122. The predicted molar refractivity (Wildman–Crippen MR) is 148 cm³/mol. The Balaban J connectivity index is 1.59. The molecular weight excluding hydrogens is 528 g/mol. The topological polar surface area (TPSA) is 105 Å². The Labute approximate surface area is 229 Å². The summed E-state index contributed by atoms with van der Waals surface area (Å²) in [6, 6.07) is 16.7. The van der Waals surface area contributed by atoms with E-state index in [9.17, 15) is 14.4 Å². The van der Waals surface area contributed by atoms with Crippen LogP contribution >= 0.6 is 23.8 Å². The number of methoxy groups -OCH3 is 1. The van der Waals surface area contributed by atoms with Gasteiger partial charge >= 0.3 is 5.97 Å². The van der Waals surface area contributed by atoms with E-state index in [0.717, 1.165) is 17.5 Å². The third-order valence-electron chi connectivity index (χ3n) is 5.85. The smallest absolute Gasteiger partial charge is 0.335 e. The molecule has 38 heavy (non-hydrogen) atoms. The number of anilines is 1. The molecule has 194 valence electrons. The number of aromatic carboxylic acids is 1. The van der Waals surface area contributed by atoms with Crippen LogP contribution in [0.5, 0.6) is 11.5 Å².